The number of fused-ring (bicyclic) bond motifs is 11. The number of rotatable bonds is 3. The molecule has 0 saturated heterocycles. The van der Waals surface area contributed by atoms with Crippen LogP contribution in [-0.2, 0) is 5.41 Å². The van der Waals surface area contributed by atoms with Gasteiger partial charge in [0.05, 0.1) is 0 Å². The van der Waals surface area contributed by atoms with E-state index in [1.54, 1.807) is 0 Å². The highest BCUT2D eigenvalue weighted by molar-refractivity contribution is 7.26. The SMILES string of the molecule is CC1(C)c2cc(C3=CC=C(c4c5ccccc5c(-c5ccccc5)c5ccccc45)CC3)ccc2-c2c1ccc1ccc3c4ccccc4sc3c21. The third-order valence-corrected chi connectivity index (χ3v) is 13.2. The van der Waals surface area contributed by atoms with Crippen LogP contribution in [0, 0.1) is 0 Å². The highest BCUT2D eigenvalue weighted by atomic mass is 32.1. The van der Waals surface area contributed by atoms with Gasteiger partial charge in [0.2, 0.25) is 0 Å². The fraction of sp³-hybridized carbons (Fsp3) is 0.0980. The predicted octanol–water partition coefficient (Wildman–Crippen LogP) is 14.7. The summed E-state index contributed by atoms with van der Waals surface area (Å²) >= 11 is 1.94. The van der Waals surface area contributed by atoms with E-state index >= 15 is 0 Å². The largest absolute Gasteiger partial charge is 0.135 e. The summed E-state index contributed by atoms with van der Waals surface area (Å²) in [6, 6.07) is 54.5. The molecule has 2 aliphatic carbocycles. The smallest absolute Gasteiger partial charge is 0.0440 e. The first-order valence-electron chi connectivity index (χ1n) is 18.5. The third kappa shape index (κ3) is 4.21. The molecule has 0 saturated carbocycles. The van der Waals surface area contributed by atoms with Crippen LogP contribution in [0.5, 0.6) is 0 Å². The fourth-order valence-electron chi connectivity index (χ4n) is 9.49. The zero-order valence-electron chi connectivity index (χ0n) is 29.3. The number of hydrogen-bond acceptors (Lipinski definition) is 1. The first-order chi connectivity index (χ1) is 25.6. The molecule has 11 rings (SSSR count). The van der Waals surface area contributed by atoms with Crippen molar-refractivity contribution in [1.82, 2.24) is 0 Å². The van der Waals surface area contributed by atoms with Crippen molar-refractivity contribution in [3.8, 4) is 22.3 Å². The van der Waals surface area contributed by atoms with Gasteiger partial charge < -0.3 is 0 Å². The van der Waals surface area contributed by atoms with Gasteiger partial charge in [-0.3, -0.25) is 0 Å². The van der Waals surface area contributed by atoms with Crippen molar-refractivity contribution >= 4 is 75.0 Å². The molecule has 246 valence electrons. The quantitative estimate of drug-likeness (QED) is 0.163. The summed E-state index contributed by atoms with van der Waals surface area (Å²) < 4.78 is 2.77. The summed E-state index contributed by atoms with van der Waals surface area (Å²) in [6.45, 7) is 4.84. The molecule has 1 heteroatoms. The Balaban J connectivity index is 1.05. The minimum absolute atomic E-state index is 0.0811. The van der Waals surface area contributed by atoms with E-state index in [0.717, 1.165) is 12.8 Å². The molecule has 0 atom stereocenters. The molecule has 0 bridgehead atoms. The Labute approximate surface area is 308 Å². The molecule has 1 heterocycles. The van der Waals surface area contributed by atoms with E-state index in [9.17, 15) is 0 Å². The van der Waals surface area contributed by atoms with Gasteiger partial charge in [0, 0.05) is 31.0 Å². The van der Waals surface area contributed by atoms with Crippen LogP contribution in [0.2, 0.25) is 0 Å². The summed E-state index contributed by atoms with van der Waals surface area (Å²) in [4.78, 5) is 0. The van der Waals surface area contributed by atoms with Crippen LogP contribution in [0.15, 0.2) is 158 Å². The lowest BCUT2D eigenvalue weighted by Gasteiger charge is -2.24. The second kappa shape index (κ2) is 11.1. The van der Waals surface area contributed by atoms with E-state index in [1.165, 1.54) is 108 Å². The van der Waals surface area contributed by atoms with Crippen molar-refractivity contribution in [1.29, 1.82) is 0 Å². The first-order valence-corrected chi connectivity index (χ1v) is 19.3. The lowest BCUT2D eigenvalue weighted by molar-refractivity contribution is 0.660. The van der Waals surface area contributed by atoms with Crippen LogP contribution in [0.1, 0.15) is 48.9 Å². The molecule has 52 heavy (non-hydrogen) atoms. The molecule has 0 aliphatic heterocycles. The molecule has 0 unspecified atom stereocenters. The minimum atomic E-state index is -0.0811. The minimum Gasteiger partial charge on any atom is -0.135 e. The highest BCUT2D eigenvalue weighted by Gasteiger charge is 2.37. The van der Waals surface area contributed by atoms with Crippen LogP contribution in [0.3, 0.4) is 0 Å². The van der Waals surface area contributed by atoms with Gasteiger partial charge in [-0.05, 0) is 108 Å². The summed E-state index contributed by atoms with van der Waals surface area (Å²) in [5, 5.41) is 10.8. The molecule has 0 radical (unpaired) electrons. The number of allylic oxidation sites excluding steroid dienone is 4. The van der Waals surface area contributed by atoms with Gasteiger partial charge >= 0.3 is 0 Å². The fourth-order valence-corrected chi connectivity index (χ4v) is 10.8. The molecule has 0 amide bonds. The van der Waals surface area contributed by atoms with Gasteiger partial charge in [0.15, 0.2) is 0 Å². The Morgan fingerprint density at radius 2 is 1.08 bits per heavy atom. The van der Waals surface area contributed by atoms with Crippen LogP contribution >= 0.6 is 11.3 Å². The maximum atomic E-state index is 2.51. The molecule has 0 fully saturated rings. The maximum absolute atomic E-state index is 2.51. The predicted molar refractivity (Wildman–Crippen MR) is 226 cm³/mol. The van der Waals surface area contributed by atoms with E-state index in [2.05, 4.69) is 172 Å². The van der Waals surface area contributed by atoms with Gasteiger partial charge in [0.25, 0.3) is 0 Å². The maximum Gasteiger partial charge on any atom is 0.0440 e. The zero-order chi connectivity index (χ0) is 34.6. The highest BCUT2D eigenvalue weighted by Crippen LogP contribution is 2.54. The van der Waals surface area contributed by atoms with Crippen molar-refractivity contribution in [3.63, 3.8) is 0 Å². The lowest BCUT2D eigenvalue weighted by Crippen LogP contribution is -2.15. The standard InChI is InChI=1S/C51H36S/c1-51(2)43-29-26-34-24-27-41-36-14-10-11-19-45(36)52-50(41)48(34)49(43)42-28-25-35(30-44(42)51)31-20-22-33(23-21-31)47-39-17-8-6-15-37(39)46(32-12-4-3-5-13-32)38-16-7-9-18-40(38)47/h3-20,22,24-30H,21,23H2,1-2H3. The molecule has 1 aromatic heterocycles. The zero-order valence-corrected chi connectivity index (χ0v) is 30.2. The van der Waals surface area contributed by atoms with E-state index < -0.39 is 0 Å². The van der Waals surface area contributed by atoms with Gasteiger partial charge in [-0.25, -0.2) is 0 Å². The Hall–Kier alpha value is -5.76. The first kappa shape index (κ1) is 29.9. The Morgan fingerprint density at radius 3 is 1.79 bits per heavy atom. The van der Waals surface area contributed by atoms with Crippen molar-refractivity contribution in [2.24, 2.45) is 0 Å². The number of hydrogen-bond donors (Lipinski definition) is 0. The molecule has 8 aromatic carbocycles. The Bertz CT molecular complexity index is 2960. The Morgan fingerprint density at radius 1 is 0.462 bits per heavy atom. The van der Waals surface area contributed by atoms with Crippen LogP contribution < -0.4 is 0 Å². The van der Waals surface area contributed by atoms with Crippen LogP contribution in [0.4, 0.5) is 0 Å². The van der Waals surface area contributed by atoms with Crippen molar-refractivity contribution < 1.29 is 0 Å². The van der Waals surface area contributed by atoms with Gasteiger partial charge in [-0.15, -0.1) is 11.3 Å². The van der Waals surface area contributed by atoms with E-state index in [4.69, 9.17) is 0 Å². The molecule has 0 spiro atoms. The van der Waals surface area contributed by atoms with Gasteiger partial charge in [0.1, 0.15) is 0 Å². The van der Waals surface area contributed by atoms with Gasteiger partial charge in [-0.2, -0.15) is 0 Å². The summed E-state index contributed by atoms with van der Waals surface area (Å²) in [7, 11) is 0. The van der Waals surface area contributed by atoms with Crippen LogP contribution in [-0.4, -0.2) is 0 Å². The van der Waals surface area contributed by atoms with E-state index in [1.807, 2.05) is 11.3 Å². The average molecular weight is 681 g/mol. The van der Waals surface area contributed by atoms with Gasteiger partial charge in [-0.1, -0.05) is 159 Å². The van der Waals surface area contributed by atoms with Crippen molar-refractivity contribution in [2.75, 3.05) is 0 Å². The molecular weight excluding hydrogens is 645 g/mol. The number of benzene rings is 8. The molecule has 0 N–H and O–H groups in total. The lowest BCUT2D eigenvalue weighted by atomic mass is 9.80. The average Bonchev–Trinajstić information content (AvgIpc) is 3.69. The second-order valence-electron chi connectivity index (χ2n) is 15.1. The van der Waals surface area contributed by atoms with Crippen molar-refractivity contribution in [3.05, 3.63) is 180 Å². The topological polar surface area (TPSA) is 0 Å². The Kier molecular flexibility index (Phi) is 6.40. The number of thiophene rings is 1. The van der Waals surface area contributed by atoms with E-state index in [0.29, 0.717) is 0 Å². The monoisotopic (exact) mass is 680 g/mol. The summed E-state index contributed by atoms with van der Waals surface area (Å²) in [6.07, 6.45) is 6.85. The van der Waals surface area contributed by atoms with Crippen molar-refractivity contribution in [2.45, 2.75) is 32.1 Å². The molecular formula is C51H36S. The normalized spacial score (nSPS) is 15.0. The third-order valence-electron chi connectivity index (χ3n) is 12.0. The van der Waals surface area contributed by atoms with Crippen LogP contribution in [0.25, 0.3) is 85.9 Å². The summed E-state index contributed by atoms with van der Waals surface area (Å²) in [5.74, 6) is 0. The molecule has 2 aliphatic rings. The molecule has 0 nitrogen and oxygen atoms in total. The second-order valence-corrected chi connectivity index (χ2v) is 16.2. The molecule has 9 aromatic rings. The van der Waals surface area contributed by atoms with E-state index in [-0.39, 0.29) is 5.41 Å². The summed E-state index contributed by atoms with van der Waals surface area (Å²) in [5.41, 5.74) is 13.8.